The molecule has 1 heterocycles. The van der Waals surface area contributed by atoms with Gasteiger partial charge in [-0.1, -0.05) is 0 Å². The Bertz CT molecular complexity index is 364. The number of hydrogen-bond donors (Lipinski definition) is 1. The Morgan fingerprint density at radius 1 is 1.44 bits per heavy atom. The van der Waals surface area contributed by atoms with Crippen molar-refractivity contribution in [2.45, 2.75) is 38.2 Å². The van der Waals surface area contributed by atoms with E-state index in [9.17, 15) is 5.11 Å². The van der Waals surface area contributed by atoms with Gasteiger partial charge in [0.05, 0.1) is 12.3 Å². The van der Waals surface area contributed by atoms with Crippen LogP contribution in [0.5, 0.6) is 0 Å². The number of nitrogens with zero attached hydrogens (tertiary/aromatic N) is 2. The summed E-state index contributed by atoms with van der Waals surface area (Å²) >= 11 is 0. The summed E-state index contributed by atoms with van der Waals surface area (Å²) in [6.07, 6.45) is 9.70. The number of hydrogen-bond acceptors (Lipinski definition) is 2. The molecule has 3 rings (SSSR count). The van der Waals surface area contributed by atoms with Crippen LogP contribution < -0.4 is 0 Å². The van der Waals surface area contributed by atoms with Crippen molar-refractivity contribution in [3.8, 4) is 0 Å². The van der Waals surface area contributed by atoms with Gasteiger partial charge in [0.25, 0.3) is 0 Å². The van der Waals surface area contributed by atoms with Crippen LogP contribution in [0.3, 0.4) is 0 Å². The van der Waals surface area contributed by atoms with E-state index in [2.05, 4.69) is 5.10 Å². The van der Waals surface area contributed by atoms with E-state index in [1.807, 2.05) is 24.1 Å². The zero-order valence-corrected chi connectivity index (χ0v) is 9.84. The number of aromatic nitrogens is 2. The first-order chi connectivity index (χ1) is 7.72. The molecule has 1 aromatic heterocycles. The van der Waals surface area contributed by atoms with Gasteiger partial charge >= 0.3 is 0 Å². The van der Waals surface area contributed by atoms with Gasteiger partial charge in [0.2, 0.25) is 0 Å². The SMILES string of the molecule is Cn1cc(CCC(O)C2CC3CC3C2)cn1. The quantitative estimate of drug-likeness (QED) is 0.839. The van der Waals surface area contributed by atoms with Gasteiger partial charge in [-0.3, -0.25) is 4.68 Å². The van der Waals surface area contributed by atoms with Gasteiger partial charge in [0, 0.05) is 13.2 Å². The molecule has 1 N–H and O–H groups in total. The Balaban J connectivity index is 1.47. The lowest BCUT2D eigenvalue weighted by Crippen LogP contribution is -2.19. The van der Waals surface area contributed by atoms with Crippen molar-refractivity contribution in [2.24, 2.45) is 24.8 Å². The minimum Gasteiger partial charge on any atom is -0.393 e. The minimum atomic E-state index is -0.0898. The molecule has 3 unspecified atom stereocenters. The highest BCUT2D eigenvalue weighted by molar-refractivity contribution is 5.04. The second-order valence-electron chi connectivity index (χ2n) is 5.62. The zero-order valence-electron chi connectivity index (χ0n) is 9.84. The van der Waals surface area contributed by atoms with Crippen LogP contribution in [0.1, 0.15) is 31.2 Å². The van der Waals surface area contributed by atoms with E-state index in [1.54, 1.807) is 0 Å². The third-order valence-electron chi connectivity index (χ3n) is 4.31. The Morgan fingerprint density at radius 3 is 2.81 bits per heavy atom. The molecule has 0 amide bonds. The molecule has 2 aliphatic carbocycles. The third kappa shape index (κ3) is 2.01. The Labute approximate surface area is 96.5 Å². The summed E-state index contributed by atoms with van der Waals surface area (Å²) in [5.41, 5.74) is 1.24. The van der Waals surface area contributed by atoms with Crippen molar-refractivity contribution in [1.29, 1.82) is 0 Å². The minimum absolute atomic E-state index is 0.0898. The van der Waals surface area contributed by atoms with E-state index in [-0.39, 0.29) is 6.10 Å². The molecule has 3 nitrogen and oxygen atoms in total. The first kappa shape index (κ1) is 10.3. The predicted octanol–water partition coefficient (Wildman–Crippen LogP) is 1.76. The maximum atomic E-state index is 10.1. The summed E-state index contributed by atoms with van der Waals surface area (Å²) in [5, 5.41) is 14.3. The molecule has 16 heavy (non-hydrogen) atoms. The Kier molecular flexibility index (Phi) is 2.51. The number of aliphatic hydroxyl groups excluding tert-OH is 1. The van der Waals surface area contributed by atoms with Gasteiger partial charge < -0.3 is 5.11 Å². The number of rotatable bonds is 4. The molecule has 2 aliphatic rings. The van der Waals surface area contributed by atoms with Crippen molar-refractivity contribution >= 4 is 0 Å². The van der Waals surface area contributed by atoms with E-state index in [1.165, 1.54) is 24.8 Å². The molecular formula is C13H20N2O. The lowest BCUT2D eigenvalue weighted by atomic mass is 9.93. The van der Waals surface area contributed by atoms with Gasteiger partial charge in [-0.2, -0.15) is 5.10 Å². The van der Waals surface area contributed by atoms with Crippen molar-refractivity contribution < 1.29 is 5.11 Å². The van der Waals surface area contributed by atoms with E-state index >= 15 is 0 Å². The van der Waals surface area contributed by atoms with Crippen molar-refractivity contribution in [1.82, 2.24) is 9.78 Å². The van der Waals surface area contributed by atoms with Crippen LogP contribution in [0, 0.1) is 17.8 Å². The second-order valence-corrected chi connectivity index (χ2v) is 5.62. The highest BCUT2D eigenvalue weighted by atomic mass is 16.3. The molecule has 0 saturated heterocycles. The van der Waals surface area contributed by atoms with Crippen LogP contribution in [-0.4, -0.2) is 21.0 Å². The number of aliphatic hydroxyl groups is 1. The van der Waals surface area contributed by atoms with Crippen LogP contribution in [-0.2, 0) is 13.5 Å². The molecule has 0 spiro atoms. The van der Waals surface area contributed by atoms with Crippen molar-refractivity contribution in [3.05, 3.63) is 18.0 Å². The standard InChI is InChI=1S/C13H20N2O/c1-15-8-9(7-14-15)2-3-13(16)12-5-10-4-11(10)6-12/h7-8,10-13,16H,2-6H2,1H3. The second kappa shape index (κ2) is 3.88. The summed E-state index contributed by atoms with van der Waals surface area (Å²) in [7, 11) is 1.93. The van der Waals surface area contributed by atoms with Crippen molar-refractivity contribution in [2.75, 3.05) is 0 Å². The van der Waals surface area contributed by atoms with Crippen LogP contribution >= 0.6 is 0 Å². The molecule has 3 atom stereocenters. The molecule has 0 bridgehead atoms. The lowest BCUT2D eigenvalue weighted by molar-refractivity contribution is 0.0955. The van der Waals surface area contributed by atoms with Gasteiger partial charge in [0.1, 0.15) is 0 Å². The Morgan fingerprint density at radius 2 is 2.19 bits per heavy atom. The van der Waals surface area contributed by atoms with Crippen LogP contribution in [0.25, 0.3) is 0 Å². The molecule has 1 aromatic rings. The first-order valence-corrected chi connectivity index (χ1v) is 6.38. The molecule has 3 heteroatoms. The van der Waals surface area contributed by atoms with E-state index in [0.29, 0.717) is 5.92 Å². The maximum absolute atomic E-state index is 10.1. The van der Waals surface area contributed by atoms with Crippen LogP contribution in [0.4, 0.5) is 0 Å². The van der Waals surface area contributed by atoms with Gasteiger partial charge in [0.15, 0.2) is 0 Å². The average Bonchev–Trinajstić information content (AvgIpc) is 2.71. The molecule has 2 fully saturated rings. The van der Waals surface area contributed by atoms with Gasteiger partial charge in [-0.05, 0) is 55.4 Å². The van der Waals surface area contributed by atoms with Crippen LogP contribution in [0.2, 0.25) is 0 Å². The van der Waals surface area contributed by atoms with E-state index in [4.69, 9.17) is 0 Å². The molecule has 0 aromatic carbocycles. The zero-order chi connectivity index (χ0) is 11.1. The van der Waals surface area contributed by atoms with Crippen LogP contribution in [0.15, 0.2) is 12.4 Å². The molecule has 2 saturated carbocycles. The summed E-state index contributed by atoms with van der Waals surface area (Å²) in [6, 6.07) is 0. The average molecular weight is 220 g/mol. The van der Waals surface area contributed by atoms with E-state index in [0.717, 1.165) is 24.7 Å². The first-order valence-electron chi connectivity index (χ1n) is 6.38. The maximum Gasteiger partial charge on any atom is 0.0571 e. The summed E-state index contributed by atoms with van der Waals surface area (Å²) in [6.45, 7) is 0. The lowest BCUT2D eigenvalue weighted by Gasteiger charge is -2.18. The largest absolute Gasteiger partial charge is 0.393 e. The smallest absolute Gasteiger partial charge is 0.0571 e. The molecule has 88 valence electrons. The third-order valence-corrected chi connectivity index (χ3v) is 4.31. The fraction of sp³-hybridized carbons (Fsp3) is 0.769. The summed E-state index contributed by atoms with van der Waals surface area (Å²) in [5.74, 6) is 2.52. The fourth-order valence-electron chi connectivity index (χ4n) is 3.23. The van der Waals surface area contributed by atoms with E-state index < -0.39 is 0 Å². The predicted molar refractivity (Wildman–Crippen MR) is 61.9 cm³/mol. The Hall–Kier alpha value is -0.830. The fourth-order valence-corrected chi connectivity index (χ4v) is 3.23. The monoisotopic (exact) mass is 220 g/mol. The summed E-state index contributed by atoms with van der Waals surface area (Å²) in [4.78, 5) is 0. The number of fused-ring (bicyclic) bond motifs is 1. The van der Waals surface area contributed by atoms with Gasteiger partial charge in [-0.25, -0.2) is 0 Å². The highest BCUT2D eigenvalue weighted by Gasteiger charge is 2.47. The highest BCUT2D eigenvalue weighted by Crippen LogP contribution is 2.55. The number of aryl methyl sites for hydroxylation is 2. The molecular weight excluding hydrogens is 200 g/mol. The topological polar surface area (TPSA) is 38.0 Å². The van der Waals surface area contributed by atoms with Crippen molar-refractivity contribution in [3.63, 3.8) is 0 Å². The molecule has 0 radical (unpaired) electrons. The van der Waals surface area contributed by atoms with Gasteiger partial charge in [-0.15, -0.1) is 0 Å². The normalized spacial score (nSPS) is 33.8. The molecule has 0 aliphatic heterocycles. The summed E-state index contributed by atoms with van der Waals surface area (Å²) < 4.78 is 1.83.